The molecule has 118 valence electrons. The van der Waals surface area contributed by atoms with Crippen molar-refractivity contribution in [2.75, 3.05) is 19.8 Å². The minimum Gasteiger partial charge on any atom is -0.463 e. The topological polar surface area (TPSA) is 82.0 Å². The van der Waals surface area contributed by atoms with E-state index in [0.29, 0.717) is 18.5 Å². The van der Waals surface area contributed by atoms with Gasteiger partial charge in [0.05, 0.1) is 19.8 Å². The fourth-order valence-corrected chi connectivity index (χ4v) is 1.69. The summed E-state index contributed by atoms with van der Waals surface area (Å²) in [6.07, 6.45) is 6.52. The predicted octanol–water partition coefficient (Wildman–Crippen LogP) is 2.33. The average Bonchev–Trinajstić information content (AvgIpc) is 2.45. The highest BCUT2D eigenvalue weighted by atomic mass is 16.5. The monoisotopic (exact) mass is 297 g/mol. The van der Waals surface area contributed by atoms with Crippen molar-refractivity contribution >= 4 is 18.0 Å². The summed E-state index contributed by atoms with van der Waals surface area (Å²) in [5.74, 6) is -1.00. The lowest BCUT2D eigenvalue weighted by atomic mass is 10.1. The van der Waals surface area contributed by atoms with Crippen LogP contribution >= 0.6 is 0 Å². The van der Waals surface area contributed by atoms with Crippen molar-refractivity contribution < 1.29 is 23.9 Å². The minimum absolute atomic E-state index is 0.267. The van der Waals surface area contributed by atoms with Gasteiger partial charge in [0.25, 0.3) is 0 Å². The van der Waals surface area contributed by atoms with Gasteiger partial charge >= 0.3 is 11.9 Å². The van der Waals surface area contributed by atoms with Gasteiger partial charge in [0.2, 0.25) is 6.08 Å². The second-order valence-corrected chi connectivity index (χ2v) is 4.28. The first-order valence-electron chi connectivity index (χ1n) is 7.23. The van der Waals surface area contributed by atoms with Gasteiger partial charge in [0.1, 0.15) is 0 Å². The third-order valence-electron chi connectivity index (χ3n) is 2.65. The number of rotatable bonds is 11. The Morgan fingerprint density at radius 3 is 2.33 bits per heavy atom. The summed E-state index contributed by atoms with van der Waals surface area (Å²) in [6.45, 7) is 4.43. The van der Waals surface area contributed by atoms with E-state index in [1.807, 2.05) is 0 Å². The van der Waals surface area contributed by atoms with E-state index in [-0.39, 0.29) is 13.2 Å². The summed E-state index contributed by atoms with van der Waals surface area (Å²) in [6, 6.07) is 0. The number of carbonyl (C=O) groups is 2. The van der Waals surface area contributed by atoms with Crippen LogP contribution in [0.5, 0.6) is 0 Å². The Morgan fingerprint density at radius 2 is 1.71 bits per heavy atom. The average molecular weight is 297 g/mol. The molecule has 0 aliphatic heterocycles. The molecule has 0 atom stereocenters. The lowest BCUT2D eigenvalue weighted by molar-refractivity contribution is -0.141. The lowest BCUT2D eigenvalue weighted by Crippen LogP contribution is -2.11. The summed E-state index contributed by atoms with van der Waals surface area (Å²) in [7, 11) is 0. The zero-order valence-electron chi connectivity index (χ0n) is 12.7. The van der Waals surface area contributed by atoms with Gasteiger partial charge < -0.3 is 9.47 Å². The van der Waals surface area contributed by atoms with Gasteiger partial charge in [0.15, 0.2) is 0 Å². The van der Waals surface area contributed by atoms with Crippen LogP contribution in [0.3, 0.4) is 0 Å². The fraction of sp³-hybridized carbons (Fsp3) is 0.667. The molecule has 0 radical (unpaired) electrons. The number of hydrogen-bond acceptors (Lipinski definition) is 6. The Morgan fingerprint density at radius 1 is 1.05 bits per heavy atom. The highest BCUT2D eigenvalue weighted by Crippen LogP contribution is 2.12. The third-order valence-corrected chi connectivity index (χ3v) is 2.65. The van der Waals surface area contributed by atoms with Crippen LogP contribution in [0, 0.1) is 0 Å². The second-order valence-electron chi connectivity index (χ2n) is 4.28. The maximum Gasteiger partial charge on any atom is 0.334 e. The Hall–Kier alpha value is -1.94. The molecule has 0 spiro atoms. The van der Waals surface area contributed by atoms with Crippen LogP contribution in [0.25, 0.3) is 0 Å². The number of hydrogen-bond donors (Lipinski definition) is 0. The Bertz CT molecular complexity index is 397. The smallest absolute Gasteiger partial charge is 0.334 e. The molecule has 0 rings (SSSR count). The van der Waals surface area contributed by atoms with E-state index >= 15 is 0 Å². The third kappa shape index (κ3) is 10.5. The molecular weight excluding hydrogens is 274 g/mol. The molecule has 0 N–H and O–H groups in total. The normalized spacial score (nSPS) is 10.7. The first kappa shape index (κ1) is 19.1. The Labute approximate surface area is 125 Å². The summed E-state index contributed by atoms with van der Waals surface area (Å²) in [5.41, 5.74) is 0.334. The van der Waals surface area contributed by atoms with Crippen LogP contribution in [0.4, 0.5) is 0 Å². The van der Waals surface area contributed by atoms with Crippen molar-refractivity contribution in [3.05, 3.63) is 11.6 Å². The molecule has 0 saturated carbocycles. The van der Waals surface area contributed by atoms with E-state index in [9.17, 15) is 14.4 Å². The molecule has 0 aromatic carbocycles. The maximum atomic E-state index is 11.7. The van der Waals surface area contributed by atoms with Crippen molar-refractivity contribution in [2.45, 2.75) is 46.0 Å². The second kappa shape index (κ2) is 13.1. The molecule has 0 saturated heterocycles. The van der Waals surface area contributed by atoms with Crippen molar-refractivity contribution in [1.82, 2.24) is 0 Å². The van der Waals surface area contributed by atoms with E-state index in [1.165, 1.54) is 12.2 Å². The zero-order chi connectivity index (χ0) is 15.9. The quantitative estimate of drug-likeness (QED) is 0.192. The Kier molecular flexibility index (Phi) is 11.9. The molecule has 0 aliphatic rings. The van der Waals surface area contributed by atoms with Crippen LogP contribution in [-0.2, 0) is 23.9 Å². The van der Waals surface area contributed by atoms with E-state index in [2.05, 4.69) is 4.99 Å². The molecule has 0 aromatic rings. The molecule has 0 bridgehead atoms. The first-order valence-corrected chi connectivity index (χ1v) is 7.23. The Balaban J connectivity index is 4.25. The van der Waals surface area contributed by atoms with Crippen molar-refractivity contribution in [3.8, 4) is 0 Å². The van der Waals surface area contributed by atoms with Gasteiger partial charge in [0, 0.05) is 11.6 Å². The molecule has 0 unspecified atom stereocenters. The molecule has 0 heterocycles. The standard InChI is InChI=1S/C15H23NO5/c1-3-20-14(18)11-13(15(19)21-4-2)9-7-5-6-8-10-16-12-17/h11H,3-10H2,1-2H3. The van der Waals surface area contributed by atoms with Crippen LogP contribution in [0.2, 0.25) is 0 Å². The SMILES string of the molecule is CCOC(=O)C=C(CCCCCCN=C=O)C(=O)OCC. The maximum absolute atomic E-state index is 11.7. The van der Waals surface area contributed by atoms with E-state index < -0.39 is 11.9 Å². The number of nitrogens with zero attached hydrogens (tertiary/aromatic N) is 1. The molecule has 6 heteroatoms. The van der Waals surface area contributed by atoms with Crippen LogP contribution in [0.1, 0.15) is 46.0 Å². The number of ether oxygens (including phenoxy) is 2. The number of aliphatic imine (C=N–C) groups is 1. The van der Waals surface area contributed by atoms with Crippen LogP contribution in [-0.4, -0.2) is 37.8 Å². The molecule has 0 amide bonds. The van der Waals surface area contributed by atoms with Crippen LogP contribution in [0.15, 0.2) is 16.6 Å². The summed E-state index contributed by atoms with van der Waals surface area (Å²) < 4.78 is 9.72. The van der Waals surface area contributed by atoms with Gasteiger partial charge in [-0.25, -0.2) is 19.4 Å². The van der Waals surface area contributed by atoms with Gasteiger partial charge in [-0.2, -0.15) is 0 Å². The number of esters is 2. The van der Waals surface area contributed by atoms with Crippen molar-refractivity contribution in [2.24, 2.45) is 4.99 Å². The fourth-order valence-electron chi connectivity index (χ4n) is 1.69. The van der Waals surface area contributed by atoms with E-state index in [0.717, 1.165) is 25.7 Å². The summed E-state index contributed by atoms with van der Waals surface area (Å²) >= 11 is 0. The molecule has 0 fully saturated rings. The van der Waals surface area contributed by atoms with Crippen molar-refractivity contribution in [1.29, 1.82) is 0 Å². The highest BCUT2D eigenvalue weighted by Gasteiger charge is 2.12. The first-order chi connectivity index (χ1) is 10.2. The largest absolute Gasteiger partial charge is 0.463 e. The molecule has 21 heavy (non-hydrogen) atoms. The summed E-state index contributed by atoms with van der Waals surface area (Å²) in [5, 5.41) is 0. The zero-order valence-corrected chi connectivity index (χ0v) is 12.7. The highest BCUT2D eigenvalue weighted by molar-refractivity contribution is 5.96. The van der Waals surface area contributed by atoms with Crippen LogP contribution < -0.4 is 0 Å². The van der Waals surface area contributed by atoms with Gasteiger partial charge in [-0.05, 0) is 33.1 Å². The lowest BCUT2D eigenvalue weighted by Gasteiger charge is -2.07. The van der Waals surface area contributed by atoms with Gasteiger partial charge in [-0.15, -0.1) is 0 Å². The molecular formula is C15H23NO5. The van der Waals surface area contributed by atoms with Gasteiger partial charge in [-0.1, -0.05) is 12.8 Å². The predicted molar refractivity (Wildman–Crippen MR) is 77.4 cm³/mol. The van der Waals surface area contributed by atoms with Crippen molar-refractivity contribution in [3.63, 3.8) is 0 Å². The number of isocyanates is 1. The minimum atomic E-state index is -0.527. The molecule has 0 aliphatic carbocycles. The number of carbonyl (C=O) groups excluding carboxylic acids is 3. The van der Waals surface area contributed by atoms with E-state index in [4.69, 9.17) is 9.47 Å². The molecule has 0 aromatic heterocycles. The van der Waals surface area contributed by atoms with E-state index in [1.54, 1.807) is 13.8 Å². The number of unbranched alkanes of at least 4 members (excludes halogenated alkanes) is 3. The van der Waals surface area contributed by atoms with Gasteiger partial charge in [-0.3, -0.25) is 0 Å². The molecule has 6 nitrogen and oxygen atoms in total. The summed E-state index contributed by atoms with van der Waals surface area (Å²) in [4.78, 5) is 36.5.